The van der Waals surface area contributed by atoms with E-state index in [1.807, 2.05) is 0 Å². The van der Waals surface area contributed by atoms with Crippen molar-refractivity contribution in [1.29, 1.82) is 0 Å². The lowest BCUT2D eigenvalue weighted by molar-refractivity contribution is -0.274. The molecule has 0 spiro atoms. The third-order valence-electron chi connectivity index (χ3n) is 2.87. The molecule has 122 valence electrons. The van der Waals surface area contributed by atoms with E-state index in [9.17, 15) is 22.8 Å². The average molecular weight is 319 g/mol. The van der Waals surface area contributed by atoms with E-state index in [-0.39, 0.29) is 30.7 Å². The molecule has 5 nitrogen and oxygen atoms in total. The van der Waals surface area contributed by atoms with Crippen molar-refractivity contribution < 1.29 is 32.6 Å². The maximum atomic E-state index is 12.3. The van der Waals surface area contributed by atoms with Crippen molar-refractivity contribution >= 4 is 11.9 Å². The van der Waals surface area contributed by atoms with Crippen LogP contribution in [0.2, 0.25) is 0 Å². The van der Waals surface area contributed by atoms with Gasteiger partial charge in [0.25, 0.3) is 0 Å². The number of alkyl halides is 3. The number of likely N-dealkylation sites (N-methyl/N-ethyl adjacent to an activating group) is 1. The molecule has 0 saturated carbocycles. The summed E-state index contributed by atoms with van der Waals surface area (Å²) in [7, 11) is 0. The quantitative estimate of drug-likeness (QED) is 0.838. The van der Waals surface area contributed by atoms with Crippen LogP contribution in [0, 0.1) is 0 Å². The Morgan fingerprint density at radius 1 is 1.27 bits per heavy atom. The van der Waals surface area contributed by atoms with Crippen LogP contribution in [0.3, 0.4) is 0 Å². The van der Waals surface area contributed by atoms with Crippen LogP contribution in [0.1, 0.15) is 18.9 Å². The van der Waals surface area contributed by atoms with Gasteiger partial charge in [-0.1, -0.05) is 18.2 Å². The van der Waals surface area contributed by atoms with Gasteiger partial charge in [0, 0.05) is 13.0 Å². The number of nitrogens with zero attached hydrogens (tertiary/aromatic N) is 1. The van der Waals surface area contributed by atoms with Crippen LogP contribution in [0.15, 0.2) is 24.3 Å². The molecular weight excluding hydrogens is 303 g/mol. The number of carboxylic acids is 1. The summed E-state index contributed by atoms with van der Waals surface area (Å²) in [6, 6.07) is 5.54. The molecule has 0 aliphatic heterocycles. The highest BCUT2D eigenvalue weighted by molar-refractivity contribution is 5.81. The number of carboxylic acid groups (broad SMARTS) is 1. The van der Waals surface area contributed by atoms with Gasteiger partial charge in [-0.05, 0) is 25.0 Å². The summed E-state index contributed by atoms with van der Waals surface area (Å²) in [6.45, 7) is 1.41. The second kappa shape index (κ2) is 7.67. The number of halogens is 3. The number of carbonyl (C=O) groups excluding carboxylic acids is 1. The first-order valence-electron chi connectivity index (χ1n) is 6.56. The van der Waals surface area contributed by atoms with E-state index < -0.39 is 24.8 Å². The van der Waals surface area contributed by atoms with Crippen LogP contribution in [-0.2, 0) is 16.0 Å². The number of carbonyl (C=O) groups is 2. The molecule has 1 N–H and O–H groups in total. The number of rotatable bonds is 7. The fraction of sp³-hybridized carbons (Fsp3) is 0.429. The Hall–Kier alpha value is -2.25. The second-order valence-electron chi connectivity index (χ2n) is 4.46. The molecule has 0 aliphatic carbocycles. The minimum absolute atomic E-state index is 0.0290. The molecule has 1 rings (SSSR count). The minimum Gasteiger partial charge on any atom is -0.480 e. The number of aryl methyl sites for hydroxylation is 1. The van der Waals surface area contributed by atoms with Crippen molar-refractivity contribution in [3.05, 3.63) is 29.8 Å². The van der Waals surface area contributed by atoms with E-state index in [1.165, 1.54) is 24.3 Å². The summed E-state index contributed by atoms with van der Waals surface area (Å²) in [6.07, 6.45) is -4.88. The van der Waals surface area contributed by atoms with Gasteiger partial charge in [0.1, 0.15) is 12.3 Å². The maximum Gasteiger partial charge on any atom is 0.573 e. The van der Waals surface area contributed by atoms with Crippen molar-refractivity contribution in [2.24, 2.45) is 0 Å². The normalized spacial score (nSPS) is 11.1. The molecule has 0 fully saturated rings. The Morgan fingerprint density at radius 3 is 2.45 bits per heavy atom. The third kappa shape index (κ3) is 6.02. The molecule has 1 aromatic rings. The molecule has 0 aliphatic rings. The summed E-state index contributed by atoms with van der Waals surface area (Å²) in [5.74, 6) is -1.94. The van der Waals surface area contributed by atoms with Gasteiger partial charge < -0.3 is 14.7 Å². The summed E-state index contributed by atoms with van der Waals surface area (Å²) in [5, 5.41) is 8.68. The van der Waals surface area contributed by atoms with Crippen molar-refractivity contribution in [2.45, 2.75) is 26.1 Å². The van der Waals surface area contributed by atoms with Gasteiger partial charge in [-0.15, -0.1) is 13.2 Å². The van der Waals surface area contributed by atoms with Gasteiger partial charge >= 0.3 is 12.3 Å². The van der Waals surface area contributed by atoms with E-state index in [0.29, 0.717) is 0 Å². The Morgan fingerprint density at radius 2 is 1.91 bits per heavy atom. The Labute approximate surface area is 125 Å². The predicted molar refractivity (Wildman–Crippen MR) is 71.3 cm³/mol. The summed E-state index contributed by atoms with van der Waals surface area (Å²) in [4.78, 5) is 23.6. The average Bonchev–Trinajstić information content (AvgIpc) is 2.41. The number of para-hydroxylation sites is 1. The van der Waals surface area contributed by atoms with Crippen LogP contribution in [0.4, 0.5) is 13.2 Å². The van der Waals surface area contributed by atoms with Gasteiger partial charge in [0.05, 0.1) is 0 Å². The Balaban J connectivity index is 2.71. The molecule has 1 aromatic carbocycles. The number of amides is 1. The molecule has 8 heteroatoms. The van der Waals surface area contributed by atoms with Crippen molar-refractivity contribution in [3.8, 4) is 5.75 Å². The number of ether oxygens (including phenoxy) is 1. The van der Waals surface area contributed by atoms with Gasteiger partial charge in [-0.25, -0.2) is 0 Å². The van der Waals surface area contributed by atoms with Gasteiger partial charge in [0.15, 0.2) is 0 Å². The van der Waals surface area contributed by atoms with Crippen molar-refractivity contribution in [1.82, 2.24) is 4.90 Å². The lowest BCUT2D eigenvalue weighted by atomic mass is 10.1. The van der Waals surface area contributed by atoms with Crippen LogP contribution in [0.5, 0.6) is 5.75 Å². The van der Waals surface area contributed by atoms with Gasteiger partial charge in [0.2, 0.25) is 5.91 Å². The molecule has 0 radical (unpaired) electrons. The molecule has 22 heavy (non-hydrogen) atoms. The van der Waals surface area contributed by atoms with E-state index in [0.717, 1.165) is 4.90 Å². The fourth-order valence-corrected chi connectivity index (χ4v) is 1.87. The third-order valence-corrected chi connectivity index (χ3v) is 2.87. The zero-order valence-electron chi connectivity index (χ0n) is 11.9. The highest BCUT2D eigenvalue weighted by Gasteiger charge is 2.32. The second-order valence-corrected chi connectivity index (χ2v) is 4.46. The molecule has 0 aromatic heterocycles. The van der Waals surface area contributed by atoms with Crippen molar-refractivity contribution in [2.75, 3.05) is 13.1 Å². The number of hydrogen-bond donors (Lipinski definition) is 1. The molecular formula is C14H16F3NO4. The Kier molecular flexibility index (Phi) is 6.21. The highest BCUT2D eigenvalue weighted by atomic mass is 19.4. The minimum atomic E-state index is -4.81. The zero-order valence-corrected chi connectivity index (χ0v) is 11.9. The van der Waals surface area contributed by atoms with E-state index in [2.05, 4.69) is 4.74 Å². The van der Waals surface area contributed by atoms with Crippen LogP contribution in [-0.4, -0.2) is 41.3 Å². The molecule has 0 atom stereocenters. The lowest BCUT2D eigenvalue weighted by Crippen LogP contribution is -2.35. The predicted octanol–water partition coefficient (Wildman–Crippen LogP) is 2.45. The largest absolute Gasteiger partial charge is 0.573 e. The number of hydrogen-bond acceptors (Lipinski definition) is 3. The first-order valence-corrected chi connectivity index (χ1v) is 6.56. The zero-order chi connectivity index (χ0) is 16.8. The summed E-state index contributed by atoms with van der Waals surface area (Å²) < 4.78 is 40.7. The standard InChI is InChI=1S/C14H16F3NO4/c1-2-18(9-13(20)21)12(19)8-7-10-5-3-4-6-11(10)22-14(15,16)17/h3-6H,2,7-9H2,1H3,(H,20,21). The maximum absolute atomic E-state index is 12.3. The number of aliphatic carboxylic acids is 1. The molecule has 0 heterocycles. The molecule has 0 saturated heterocycles. The molecule has 1 amide bonds. The van der Waals surface area contributed by atoms with E-state index in [1.54, 1.807) is 6.92 Å². The fourth-order valence-electron chi connectivity index (χ4n) is 1.87. The van der Waals surface area contributed by atoms with E-state index >= 15 is 0 Å². The highest BCUT2D eigenvalue weighted by Crippen LogP contribution is 2.27. The van der Waals surface area contributed by atoms with Crippen LogP contribution in [0.25, 0.3) is 0 Å². The SMILES string of the molecule is CCN(CC(=O)O)C(=O)CCc1ccccc1OC(F)(F)F. The summed E-state index contributed by atoms with van der Waals surface area (Å²) >= 11 is 0. The van der Waals surface area contributed by atoms with E-state index in [4.69, 9.17) is 5.11 Å². The molecule has 0 bridgehead atoms. The summed E-state index contributed by atoms with van der Waals surface area (Å²) in [5.41, 5.74) is 0.236. The number of benzene rings is 1. The van der Waals surface area contributed by atoms with Crippen LogP contribution < -0.4 is 4.74 Å². The monoisotopic (exact) mass is 319 g/mol. The van der Waals surface area contributed by atoms with Crippen molar-refractivity contribution in [3.63, 3.8) is 0 Å². The first-order chi connectivity index (χ1) is 10.2. The van der Waals surface area contributed by atoms with Crippen LogP contribution >= 0.6 is 0 Å². The first kappa shape index (κ1) is 17.8. The van der Waals surface area contributed by atoms with Gasteiger partial charge in [-0.2, -0.15) is 0 Å². The topological polar surface area (TPSA) is 66.8 Å². The Bertz CT molecular complexity index is 531. The van der Waals surface area contributed by atoms with Gasteiger partial charge in [-0.3, -0.25) is 9.59 Å². The lowest BCUT2D eigenvalue weighted by Gasteiger charge is -2.19. The molecule has 0 unspecified atom stereocenters. The smallest absolute Gasteiger partial charge is 0.480 e.